The van der Waals surface area contributed by atoms with E-state index in [1.54, 1.807) is 35.6 Å². The summed E-state index contributed by atoms with van der Waals surface area (Å²) in [5.41, 5.74) is 3.83. The summed E-state index contributed by atoms with van der Waals surface area (Å²) in [6.45, 7) is 3.27. The Balaban J connectivity index is 1.32. The number of benzene rings is 2. The van der Waals surface area contributed by atoms with Gasteiger partial charge in [0, 0.05) is 35.5 Å². The van der Waals surface area contributed by atoms with Crippen LogP contribution in [0.5, 0.6) is 0 Å². The number of aliphatic hydroxyl groups excluding tert-OH is 1. The normalized spacial score (nSPS) is 19.7. The van der Waals surface area contributed by atoms with Crippen LogP contribution in [-0.2, 0) is 6.42 Å². The smallest absolute Gasteiger partial charge is 0.254 e. The number of hydrogen-bond acceptors (Lipinski definition) is 7. The van der Waals surface area contributed by atoms with Gasteiger partial charge in [-0.25, -0.2) is 4.98 Å². The number of carbonyl (C=O) groups excluding carboxylic acids is 2. The fourth-order valence-electron chi connectivity index (χ4n) is 6.18. The predicted molar refractivity (Wildman–Crippen MR) is 162 cm³/mol. The van der Waals surface area contributed by atoms with Crippen molar-refractivity contribution in [1.82, 2.24) is 25.5 Å². The van der Waals surface area contributed by atoms with Crippen molar-refractivity contribution >= 4 is 11.8 Å². The molecule has 2 aromatic heterocycles. The summed E-state index contributed by atoms with van der Waals surface area (Å²) in [7, 11) is 0. The van der Waals surface area contributed by atoms with Crippen molar-refractivity contribution in [2.45, 2.75) is 63.3 Å². The highest BCUT2D eigenvalue weighted by molar-refractivity contribution is 6.01. The minimum atomic E-state index is -0.777. The average Bonchev–Trinajstić information content (AvgIpc) is 3.83. The van der Waals surface area contributed by atoms with Gasteiger partial charge in [0.25, 0.3) is 11.8 Å². The van der Waals surface area contributed by atoms with E-state index in [2.05, 4.69) is 20.6 Å². The van der Waals surface area contributed by atoms with Crippen molar-refractivity contribution in [3.63, 3.8) is 0 Å². The number of nitrogens with zero attached hydrogens (tertiary/aromatic N) is 3. The zero-order valence-electron chi connectivity index (χ0n) is 24.3. The zero-order valence-corrected chi connectivity index (χ0v) is 24.3. The highest BCUT2D eigenvalue weighted by atomic mass is 16.3. The van der Waals surface area contributed by atoms with E-state index >= 15 is 0 Å². The largest absolute Gasteiger partial charge is 0.446 e. The number of aliphatic hydroxyl groups is 1. The lowest BCUT2D eigenvalue weighted by atomic mass is 9.94. The molecular formula is C34H37N5O4. The van der Waals surface area contributed by atoms with Gasteiger partial charge < -0.3 is 25.1 Å². The van der Waals surface area contributed by atoms with Crippen LogP contribution in [0.1, 0.15) is 69.6 Å². The summed E-state index contributed by atoms with van der Waals surface area (Å²) in [4.78, 5) is 38.7. The molecule has 3 N–H and O–H groups in total. The molecule has 4 unspecified atom stereocenters. The highest BCUT2D eigenvalue weighted by Gasteiger charge is 2.35. The molecule has 4 atom stereocenters. The summed E-state index contributed by atoms with van der Waals surface area (Å²) in [6, 6.07) is 19.7. The Kier molecular flexibility index (Phi) is 8.62. The predicted octanol–water partition coefficient (Wildman–Crippen LogP) is 4.48. The molecule has 4 aromatic rings. The molecule has 9 nitrogen and oxygen atoms in total. The Labute approximate surface area is 251 Å². The molecule has 4 heterocycles. The second-order valence-corrected chi connectivity index (χ2v) is 11.5. The summed E-state index contributed by atoms with van der Waals surface area (Å²) < 4.78 is 5.67. The van der Waals surface area contributed by atoms with Crippen molar-refractivity contribution in [2.75, 3.05) is 13.1 Å². The van der Waals surface area contributed by atoms with E-state index in [4.69, 9.17) is 4.42 Å². The molecule has 2 aromatic carbocycles. The molecule has 0 spiro atoms. The minimum absolute atomic E-state index is 0.100. The van der Waals surface area contributed by atoms with Crippen LogP contribution in [0.3, 0.4) is 0 Å². The molecule has 0 radical (unpaired) electrons. The van der Waals surface area contributed by atoms with Crippen molar-refractivity contribution in [3.05, 3.63) is 107 Å². The first kappa shape index (κ1) is 28.8. The first-order chi connectivity index (χ1) is 21.0. The molecule has 6 rings (SSSR count). The molecule has 9 heteroatoms. The standard InChI is InChI=1S/C34H37N5O4/c1-22-21-43-33(37-22)30-13-8-16-39(30)34(42)26-19-24(27-11-5-6-14-35-27)18-25(20-26)32(41)38-29(17-23-9-3-2-4-10-23)31(40)28-12-7-15-36-28/h2-6,9-11,14,18-21,28-31,36,40H,7-8,12-13,15-17H2,1H3,(H,38,41). The first-order valence-electron chi connectivity index (χ1n) is 15.0. The fraction of sp³-hybridized carbons (Fsp3) is 0.353. The number of nitrogens with one attached hydrogen (secondary N) is 2. The number of rotatable bonds is 9. The van der Waals surface area contributed by atoms with E-state index < -0.39 is 12.1 Å². The lowest BCUT2D eigenvalue weighted by Gasteiger charge is -2.29. The van der Waals surface area contributed by atoms with Crippen LogP contribution >= 0.6 is 0 Å². The quantitative estimate of drug-likeness (QED) is 0.268. The SMILES string of the molecule is Cc1coc(C2CCCN2C(=O)c2cc(C(=O)NC(Cc3ccccc3)C(O)C3CCCN3)cc(-c3ccccn3)c2)n1. The molecule has 0 aliphatic carbocycles. The molecule has 43 heavy (non-hydrogen) atoms. The van der Waals surface area contributed by atoms with E-state index in [1.165, 1.54) is 0 Å². The van der Waals surface area contributed by atoms with E-state index in [0.717, 1.165) is 43.5 Å². The lowest BCUT2D eigenvalue weighted by Crippen LogP contribution is -2.52. The summed E-state index contributed by atoms with van der Waals surface area (Å²) in [5.74, 6) is -0.0206. The average molecular weight is 580 g/mol. The summed E-state index contributed by atoms with van der Waals surface area (Å²) in [5, 5.41) is 17.8. The van der Waals surface area contributed by atoms with E-state index in [0.29, 0.717) is 41.2 Å². The van der Waals surface area contributed by atoms with Gasteiger partial charge in [0.05, 0.1) is 23.5 Å². The molecule has 2 fully saturated rings. The molecule has 2 aliphatic rings. The van der Waals surface area contributed by atoms with Crippen LogP contribution in [0.2, 0.25) is 0 Å². The third kappa shape index (κ3) is 6.53. The molecule has 2 aliphatic heterocycles. The number of aromatic nitrogens is 2. The number of hydrogen-bond donors (Lipinski definition) is 3. The Morgan fingerprint density at radius 3 is 2.60 bits per heavy atom. The van der Waals surface area contributed by atoms with Gasteiger partial charge in [-0.15, -0.1) is 0 Å². The van der Waals surface area contributed by atoms with Gasteiger partial charge in [0.1, 0.15) is 12.3 Å². The molecule has 2 amide bonds. The van der Waals surface area contributed by atoms with Crippen LogP contribution in [0.15, 0.2) is 83.6 Å². The van der Waals surface area contributed by atoms with E-state index in [-0.39, 0.29) is 23.9 Å². The monoisotopic (exact) mass is 579 g/mol. The van der Waals surface area contributed by atoms with Gasteiger partial charge in [0.2, 0.25) is 5.89 Å². The van der Waals surface area contributed by atoms with Crippen LogP contribution in [0.25, 0.3) is 11.3 Å². The van der Waals surface area contributed by atoms with Gasteiger partial charge in [-0.3, -0.25) is 14.6 Å². The number of amides is 2. The van der Waals surface area contributed by atoms with Crippen LogP contribution in [0, 0.1) is 6.92 Å². The topological polar surface area (TPSA) is 121 Å². The van der Waals surface area contributed by atoms with Gasteiger partial charge in [-0.05, 0) is 81.5 Å². The van der Waals surface area contributed by atoms with Gasteiger partial charge in [-0.1, -0.05) is 36.4 Å². The maximum atomic E-state index is 14.0. The summed E-state index contributed by atoms with van der Waals surface area (Å²) in [6.07, 6.45) is 6.40. The second kappa shape index (κ2) is 12.9. The number of carbonyl (C=O) groups is 2. The molecule has 0 saturated carbocycles. The Morgan fingerprint density at radius 1 is 1.07 bits per heavy atom. The van der Waals surface area contributed by atoms with Crippen molar-refractivity contribution in [2.24, 2.45) is 0 Å². The number of aryl methyl sites for hydroxylation is 1. The third-order valence-electron chi connectivity index (χ3n) is 8.38. The number of pyridine rings is 1. The second-order valence-electron chi connectivity index (χ2n) is 11.5. The summed E-state index contributed by atoms with van der Waals surface area (Å²) >= 11 is 0. The molecule has 222 valence electrons. The van der Waals surface area contributed by atoms with Crippen LogP contribution in [-0.4, -0.2) is 63.1 Å². The Bertz CT molecular complexity index is 1550. The third-order valence-corrected chi connectivity index (χ3v) is 8.38. The van der Waals surface area contributed by atoms with Crippen LogP contribution < -0.4 is 10.6 Å². The molecular weight excluding hydrogens is 542 g/mol. The van der Waals surface area contributed by atoms with Crippen molar-refractivity contribution < 1.29 is 19.1 Å². The number of likely N-dealkylation sites (tertiary alicyclic amines) is 1. The minimum Gasteiger partial charge on any atom is -0.446 e. The lowest BCUT2D eigenvalue weighted by molar-refractivity contribution is 0.0715. The zero-order chi connectivity index (χ0) is 29.8. The Hall–Kier alpha value is -4.34. The van der Waals surface area contributed by atoms with Gasteiger partial charge >= 0.3 is 0 Å². The molecule has 0 bridgehead atoms. The molecule has 2 saturated heterocycles. The van der Waals surface area contributed by atoms with Crippen LogP contribution in [0.4, 0.5) is 0 Å². The number of oxazole rings is 1. The van der Waals surface area contributed by atoms with E-state index in [9.17, 15) is 14.7 Å². The van der Waals surface area contributed by atoms with Crippen molar-refractivity contribution in [3.8, 4) is 11.3 Å². The van der Waals surface area contributed by atoms with Gasteiger partial charge in [-0.2, -0.15) is 0 Å². The maximum Gasteiger partial charge on any atom is 0.254 e. The first-order valence-corrected chi connectivity index (χ1v) is 15.0. The highest BCUT2D eigenvalue weighted by Crippen LogP contribution is 2.33. The van der Waals surface area contributed by atoms with E-state index in [1.807, 2.05) is 55.5 Å². The van der Waals surface area contributed by atoms with Gasteiger partial charge in [0.15, 0.2) is 0 Å². The fourth-order valence-corrected chi connectivity index (χ4v) is 6.18. The van der Waals surface area contributed by atoms with Crippen molar-refractivity contribution in [1.29, 1.82) is 0 Å². The Morgan fingerprint density at radius 2 is 1.88 bits per heavy atom. The maximum absolute atomic E-state index is 14.0.